The Hall–Kier alpha value is -0.770. The van der Waals surface area contributed by atoms with E-state index in [4.69, 9.17) is 10.8 Å². The molecule has 0 radical (unpaired) electrons. The molecule has 0 aromatic carbocycles. The fraction of sp³-hybridized carbons (Fsp3) is 0.900. The van der Waals surface area contributed by atoms with E-state index in [1.54, 1.807) is 0 Å². The summed E-state index contributed by atoms with van der Waals surface area (Å²) in [5, 5.41) is 11.0. The molecule has 1 saturated carbocycles. The number of carboxylic acid groups (broad SMARTS) is 1. The van der Waals surface area contributed by atoms with E-state index in [0.29, 0.717) is 6.54 Å². The molecule has 0 spiro atoms. The van der Waals surface area contributed by atoms with Crippen LogP contribution in [0.4, 0.5) is 4.79 Å². The van der Waals surface area contributed by atoms with Gasteiger partial charge in [0.05, 0.1) is 0 Å². The molecule has 0 aromatic heterocycles. The van der Waals surface area contributed by atoms with Crippen molar-refractivity contribution in [2.24, 2.45) is 16.6 Å². The molecule has 0 aromatic rings. The zero-order valence-electron chi connectivity index (χ0n) is 9.13. The monoisotopic (exact) mass is 200 g/mol. The molecule has 0 heterocycles. The molecular weight excluding hydrogens is 180 g/mol. The molecule has 14 heavy (non-hydrogen) atoms. The number of hydrogen-bond donors (Lipinski definition) is 3. The molecule has 1 amide bonds. The minimum absolute atomic E-state index is 0.00451. The van der Waals surface area contributed by atoms with Crippen LogP contribution in [0.3, 0.4) is 0 Å². The number of amides is 1. The van der Waals surface area contributed by atoms with Gasteiger partial charge >= 0.3 is 6.09 Å². The minimum Gasteiger partial charge on any atom is -0.465 e. The van der Waals surface area contributed by atoms with Gasteiger partial charge in [-0.25, -0.2) is 4.79 Å². The van der Waals surface area contributed by atoms with E-state index in [9.17, 15) is 4.79 Å². The molecule has 4 heteroatoms. The lowest BCUT2D eigenvalue weighted by atomic mass is 9.68. The summed E-state index contributed by atoms with van der Waals surface area (Å²) in [4.78, 5) is 10.4. The van der Waals surface area contributed by atoms with E-state index in [0.717, 1.165) is 12.8 Å². The zero-order chi connectivity index (χ0) is 11.0. The Kier molecular flexibility index (Phi) is 2.76. The predicted molar refractivity (Wildman–Crippen MR) is 55.1 cm³/mol. The third-order valence-electron chi connectivity index (χ3n) is 4.12. The van der Waals surface area contributed by atoms with Gasteiger partial charge in [-0.05, 0) is 23.7 Å². The van der Waals surface area contributed by atoms with E-state index < -0.39 is 6.09 Å². The van der Waals surface area contributed by atoms with Crippen LogP contribution in [0.2, 0.25) is 0 Å². The number of hydrogen-bond acceptors (Lipinski definition) is 2. The predicted octanol–water partition coefficient (Wildman–Crippen LogP) is 1.41. The summed E-state index contributed by atoms with van der Waals surface area (Å²) in [5.41, 5.74) is 5.99. The summed E-state index contributed by atoms with van der Waals surface area (Å²) in [6.45, 7) is 6.83. The normalized spacial score (nSPS) is 35.6. The molecular formula is C10H20N2O2. The maximum atomic E-state index is 10.4. The SMILES string of the molecule is CC1(C)[C@H](N)CC[C@]1(C)CNC(=O)O. The summed E-state index contributed by atoms with van der Waals surface area (Å²) in [5.74, 6) is 0. The highest BCUT2D eigenvalue weighted by atomic mass is 16.4. The Balaban J connectivity index is 2.69. The molecule has 0 aliphatic heterocycles. The van der Waals surface area contributed by atoms with Crippen molar-refractivity contribution in [3.8, 4) is 0 Å². The third-order valence-corrected chi connectivity index (χ3v) is 4.12. The van der Waals surface area contributed by atoms with Crippen LogP contribution in [0, 0.1) is 10.8 Å². The van der Waals surface area contributed by atoms with Crippen molar-refractivity contribution in [2.45, 2.75) is 39.7 Å². The molecule has 4 N–H and O–H groups in total. The van der Waals surface area contributed by atoms with Gasteiger partial charge in [0, 0.05) is 12.6 Å². The molecule has 0 bridgehead atoms. The summed E-state index contributed by atoms with van der Waals surface area (Å²) in [7, 11) is 0. The number of nitrogens with one attached hydrogen (secondary N) is 1. The first-order chi connectivity index (χ1) is 6.29. The van der Waals surface area contributed by atoms with E-state index in [2.05, 4.69) is 26.1 Å². The average Bonchev–Trinajstić information content (AvgIpc) is 2.27. The molecule has 4 nitrogen and oxygen atoms in total. The fourth-order valence-electron chi connectivity index (χ4n) is 2.19. The van der Waals surface area contributed by atoms with E-state index in [-0.39, 0.29) is 16.9 Å². The lowest BCUT2D eigenvalue weighted by Gasteiger charge is -2.40. The molecule has 0 unspecified atom stereocenters. The minimum atomic E-state index is -0.956. The Morgan fingerprint density at radius 2 is 2.14 bits per heavy atom. The Labute approximate surface area is 84.9 Å². The second kappa shape index (κ2) is 3.42. The summed E-state index contributed by atoms with van der Waals surface area (Å²) in [6.07, 6.45) is 1.01. The van der Waals surface area contributed by atoms with Gasteiger partial charge < -0.3 is 16.2 Å². The van der Waals surface area contributed by atoms with Crippen molar-refractivity contribution in [3.63, 3.8) is 0 Å². The number of nitrogens with two attached hydrogens (primary N) is 1. The van der Waals surface area contributed by atoms with Gasteiger partial charge in [0.15, 0.2) is 0 Å². The van der Waals surface area contributed by atoms with Crippen molar-refractivity contribution < 1.29 is 9.90 Å². The lowest BCUT2D eigenvalue weighted by molar-refractivity contribution is 0.111. The van der Waals surface area contributed by atoms with Gasteiger partial charge in [0.25, 0.3) is 0 Å². The average molecular weight is 200 g/mol. The van der Waals surface area contributed by atoms with Crippen LogP contribution in [0.25, 0.3) is 0 Å². The molecule has 2 atom stereocenters. The van der Waals surface area contributed by atoms with Crippen molar-refractivity contribution in [1.82, 2.24) is 5.32 Å². The van der Waals surface area contributed by atoms with Crippen LogP contribution in [-0.2, 0) is 0 Å². The zero-order valence-corrected chi connectivity index (χ0v) is 9.13. The molecule has 1 rings (SSSR count). The second-order valence-corrected chi connectivity index (χ2v) is 5.09. The van der Waals surface area contributed by atoms with Crippen LogP contribution >= 0.6 is 0 Å². The Morgan fingerprint density at radius 1 is 1.57 bits per heavy atom. The van der Waals surface area contributed by atoms with Crippen molar-refractivity contribution in [3.05, 3.63) is 0 Å². The molecule has 1 aliphatic carbocycles. The highest BCUT2D eigenvalue weighted by molar-refractivity contribution is 5.64. The second-order valence-electron chi connectivity index (χ2n) is 5.09. The van der Waals surface area contributed by atoms with Crippen LogP contribution in [0.15, 0.2) is 0 Å². The molecule has 0 saturated heterocycles. The van der Waals surface area contributed by atoms with Gasteiger partial charge in [-0.3, -0.25) is 0 Å². The smallest absolute Gasteiger partial charge is 0.404 e. The van der Waals surface area contributed by atoms with E-state index >= 15 is 0 Å². The van der Waals surface area contributed by atoms with Gasteiger partial charge in [-0.1, -0.05) is 20.8 Å². The summed E-state index contributed by atoms with van der Waals surface area (Å²) >= 11 is 0. The van der Waals surface area contributed by atoms with Crippen LogP contribution in [0.1, 0.15) is 33.6 Å². The topological polar surface area (TPSA) is 75.3 Å². The van der Waals surface area contributed by atoms with Gasteiger partial charge in [-0.2, -0.15) is 0 Å². The maximum absolute atomic E-state index is 10.4. The van der Waals surface area contributed by atoms with Crippen LogP contribution in [-0.4, -0.2) is 23.8 Å². The van der Waals surface area contributed by atoms with Crippen molar-refractivity contribution in [2.75, 3.05) is 6.54 Å². The lowest BCUT2D eigenvalue weighted by Crippen LogP contribution is -2.47. The number of carbonyl (C=O) groups is 1. The molecule has 1 aliphatic rings. The highest BCUT2D eigenvalue weighted by Crippen LogP contribution is 2.51. The Morgan fingerprint density at radius 3 is 2.50 bits per heavy atom. The first-order valence-corrected chi connectivity index (χ1v) is 5.02. The van der Waals surface area contributed by atoms with Gasteiger partial charge in [0.1, 0.15) is 0 Å². The van der Waals surface area contributed by atoms with Gasteiger partial charge in [-0.15, -0.1) is 0 Å². The quantitative estimate of drug-likeness (QED) is 0.630. The van der Waals surface area contributed by atoms with Gasteiger partial charge in [0.2, 0.25) is 0 Å². The summed E-state index contributed by atoms with van der Waals surface area (Å²) in [6, 6.07) is 0.170. The van der Waals surface area contributed by atoms with Crippen molar-refractivity contribution >= 4 is 6.09 Å². The molecule has 1 fully saturated rings. The number of rotatable bonds is 2. The standard InChI is InChI=1S/C10H20N2O2/c1-9(2)7(11)4-5-10(9,3)6-12-8(13)14/h7,12H,4-6,11H2,1-3H3,(H,13,14)/t7-,10-/m1/s1. The Bertz CT molecular complexity index is 240. The fourth-order valence-corrected chi connectivity index (χ4v) is 2.19. The maximum Gasteiger partial charge on any atom is 0.404 e. The van der Waals surface area contributed by atoms with Crippen LogP contribution < -0.4 is 11.1 Å². The molecule has 82 valence electrons. The largest absolute Gasteiger partial charge is 0.465 e. The highest BCUT2D eigenvalue weighted by Gasteiger charge is 2.49. The third kappa shape index (κ3) is 1.71. The van der Waals surface area contributed by atoms with Crippen LogP contribution in [0.5, 0.6) is 0 Å². The first kappa shape index (κ1) is 11.3. The summed E-state index contributed by atoms with van der Waals surface area (Å²) < 4.78 is 0. The van der Waals surface area contributed by atoms with Crippen molar-refractivity contribution in [1.29, 1.82) is 0 Å². The van der Waals surface area contributed by atoms with E-state index in [1.807, 2.05) is 0 Å². The first-order valence-electron chi connectivity index (χ1n) is 5.02. The van der Waals surface area contributed by atoms with E-state index in [1.165, 1.54) is 0 Å².